The third kappa shape index (κ3) is 4.91. The van der Waals surface area contributed by atoms with Crippen molar-refractivity contribution < 1.29 is 23.9 Å². The van der Waals surface area contributed by atoms with Crippen LogP contribution < -0.4 is 0 Å². The Bertz CT molecular complexity index is 1160. The Morgan fingerprint density at radius 3 is 2.19 bits per heavy atom. The van der Waals surface area contributed by atoms with Crippen molar-refractivity contribution in [3.63, 3.8) is 0 Å². The lowest BCUT2D eigenvalue weighted by Crippen LogP contribution is -2.48. The molecule has 2 saturated heterocycles. The fraction of sp³-hybridized carbons (Fsp3) is 0.310. The molecule has 0 N–H and O–H groups in total. The molecule has 0 radical (unpaired) electrons. The number of rotatable bonds is 9. The van der Waals surface area contributed by atoms with Crippen LogP contribution in [0.1, 0.15) is 29.8 Å². The van der Waals surface area contributed by atoms with Crippen molar-refractivity contribution in [2.24, 2.45) is 5.92 Å². The summed E-state index contributed by atoms with van der Waals surface area (Å²) in [6, 6.07) is 28.4. The molecule has 36 heavy (non-hydrogen) atoms. The number of hydrogen-bond donors (Lipinski definition) is 0. The van der Waals surface area contributed by atoms with Crippen molar-refractivity contribution in [1.29, 1.82) is 0 Å². The van der Waals surface area contributed by atoms with Crippen molar-refractivity contribution >= 4 is 11.9 Å². The summed E-state index contributed by atoms with van der Waals surface area (Å²) in [6.07, 6.45) is -0.557. The predicted molar refractivity (Wildman–Crippen MR) is 133 cm³/mol. The first-order chi connectivity index (χ1) is 17.7. The molecule has 2 aliphatic rings. The Balaban J connectivity index is 1.49. The lowest BCUT2D eigenvalue weighted by molar-refractivity contribution is -0.217. The second-order valence-corrected chi connectivity index (χ2v) is 8.95. The zero-order valence-corrected chi connectivity index (χ0v) is 20.2. The minimum absolute atomic E-state index is 0.197. The van der Waals surface area contributed by atoms with Crippen LogP contribution in [0.3, 0.4) is 0 Å². The largest absolute Gasteiger partial charge is 0.465 e. The summed E-state index contributed by atoms with van der Waals surface area (Å²) in [5.41, 5.74) is 2.88. The average Bonchev–Trinajstić information content (AvgIpc) is 3.47. The maximum Gasteiger partial charge on any atom is 0.320 e. The van der Waals surface area contributed by atoms with E-state index in [4.69, 9.17) is 14.3 Å². The number of carbonyl (C=O) groups excluding carboxylic acids is 2. The molecule has 2 fully saturated rings. The highest BCUT2D eigenvalue weighted by atomic mass is 16.7. The van der Waals surface area contributed by atoms with Crippen LogP contribution >= 0.6 is 0 Å². The maximum atomic E-state index is 13.8. The van der Waals surface area contributed by atoms with Gasteiger partial charge in [0.1, 0.15) is 0 Å². The van der Waals surface area contributed by atoms with E-state index in [0.29, 0.717) is 19.8 Å². The molecule has 4 atom stereocenters. The Hall–Kier alpha value is -3.52. The molecule has 0 aliphatic carbocycles. The van der Waals surface area contributed by atoms with Crippen LogP contribution in [0.5, 0.6) is 0 Å². The van der Waals surface area contributed by atoms with Crippen molar-refractivity contribution in [2.75, 3.05) is 13.2 Å². The fourth-order valence-corrected chi connectivity index (χ4v) is 5.03. The Kier molecular flexibility index (Phi) is 7.41. The molecule has 2 aliphatic heterocycles. The summed E-state index contributed by atoms with van der Waals surface area (Å²) in [6.45, 7) is 2.95. The summed E-state index contributed by atoms with van der Waals surface area (Å²) in [5, 5.41) is 1.78. The van der Waals surface area contributed by atoms with E-state index in [2.05, 4.69) is 0 Å². The molecular weight excluding hydrogens is 456 g/mol. The van der Waals surface area contributed by atoms with Gasteiger partial charge in [-0.25, -0.2) is 0 Å². The predicted octanol–water partition coefficient (Wildman–Crippen LogP) is 4.11. The van der Waals surface area contributed by atoms with Crippen LogP contribution in [0.2, 0.25) is 0 Å². The van der Waals surface area contributed by atoms with Crippen molar-refractivity contribution in [1.82, 2.24) is 9.96 Å². The Morgan fingerprint density at radius 2 is 1.56 bits per heavy atom. The van der Waals surface area contributed by atoms with E-state index in [1.165, 1.54) is 0 Å². The lowest BCUT2D eigenvalue weighted by Gasteiger charge is -2.33. The molecule has 7 heteroatoms. The van der Waals surface area contributed by atoms with Gasteiger partial charge in [0.25, 0.3) is 0 Å². The van der Waals surface area contributed by atoms with Gasteiger partial charge in [-0.05, 0) is 18.1 Å². The highest BCUT2D eigenvalue weighted by Gasteiger charge is 2.60. The first kappa shape index (κ1) is 24.2. The van der Waals surface area contributed by atoms with Gasteiger partial charge in [0, 0.05) is 12.1 Å². The van der Waals surface area contributed by atoms with Crippen LogP contribution in [-0.2, 0) is 37.1 Å². The average molecular weight is 487 g/mol. The molecule has 2 heterocycles. The molecule has 3 aromatic rings. The summed E-state index contributed by atoms with van der Waals surface area (Å²) in [5.74, 6) is -1.84. The van der Waals surface area contributed by atoms with Crippen LogP contribution in [0.25, 0.3) is 0 Å². The minimum Gasteiger partial charge on any atom is -0.465 e. The molecule has 5 rings (SSSR count). The van der Waals surface area contributed by atoms with E-state index in [1.807, 2.05) is 91.0 Å². The smallest absolute Gasteiger partial charge is 0.320 e. The first-order valence-electron chi connectivity index (χ1n) is 12.3. The van der Waals surface area contributed by atoms with Crippen LogP contribution in [0, 0.1) is 5.92 Å². The van der Waals surface area contributed by atoms with Gasteiger partial charge in [-0.1, -0.05) is 91.0 Å². The van der Waals surface area contributed by atoms with E-state index in [0.717, 1.165) is 16.7 Å². The molecule has 7 nitrogen and oxygen atoms in total. The highest BCUT2D eigenvalue weighted by molar-refractivity contribution is 6.01. The number of benzene rings is 3. The second-order valence-electron chi connectivity index (χ2n) is 8.95. The number of fused-ring (bicyclic) bond motifs is 1. The third-order valence-corrected chi connectivity index (χ3v) is 6.67. The maximum absolute atomic E-state index is 13.8. The zero-order chi connectivity index (χ0) is 24.9. The van der Waals surface area contributed by atoms with Gasteiger partial charge in [0.05, 0.1) is 31.9 Å². The van der Waals surface area contributed by atoms with Crippen LogP contribution in [0.15, 0.2) is 91.0 Å². The van der Waals surface area contributed by atoms with Gasteiger partial charge in [0.15, 0.2) is 12.1 Å². The molecule has 0 saturated carbocycles. The van der Waals surface area contributed by atoms with Crippen molar-refractivity contribution in [2.45, 2.75) is 38.4 Å². The van der Waals surface area contributed by atoms with Gasteiger partial charge in [-0.2, -0.15) is 5.06 Å². The molecule has 0 spiro atoms. The van der Waals surface area contributed by atoms with E-state index >= 15 is 0 Å². The quantitative estimate of drug-likeness (QED) is 0.258. The fourth-order valence-electron chi connectivity index (χ4n) is 5.03. The number of esters is 1. The van der Waals surface area contributed by atoms with E-state index in [9.17, 15) is 9.59 Å². The molecule has 0 aromatic heterocycles. The monoisotopic (exact) mass is 486 g/mol. The van der Waals surface area contributed by atoms with Crippen molar-refractivity contribution in [3.05, 3.63) is 108 Å². The molecule has 0 bridgehead atoms. The normalized spacial score (nSPS) is 23.2. The van der Waals surface area contributed by atoms with E-state index < -0.39 is 24.2 Å². The van der Waals surface area contributed by atoms with Gasteiger partial charge >= 0.3 is 5.97 Å². The summed E-state index contributed by atoms with van der Waals surface area (Å²) < 4.78 is 11.5. The SMILES string of the molecule is CCOC(=O)C1C(=O)N2[C@@H](c3ccccc3)OC[C@@H]2C1N(Cc1ccccc1)OCc1ccccc1. The topological polar surface area (TPSA) is 68.3 Å². The number of carbonyl (C=O) groups is 2. The van der Waals surface area contributed by atoms with Gasteiger partial charge in [-0.15, -0.1) is 0 Å². The van der Waals surface area contributed by atoms with E-state index in [-0.39, 0.29) is 18.6 Å². The molecular formula is C29H30N2O5. The number of hydrogen-bond acceptors (Lipinski definition) is 6. The summed E-state index contributed by atoms with van der Waals surface area (Å²) in [4.78, 5) is 35.0. The third-order valence-electron chi connectivity index (χ3n) is 6.67. The highest BCUT2D eigenvalue weighted by Crippen LogP contribution is 2.42. The standard InChI is InChI=1S/C29H30N2O5/c1-2-34-29(33)25-26(24-20-35-28(31(24)27(25)32)23-16-10-5-11-17-23)30(18-21-12-6-3-7-13-21)36-19-22-14-8-4-9-15-22/h3-17,24-26,28H,2,18-20H2,1H3/t24-,25?,26?,28-/m1/s1. The second kappa shape index (κ2) is 11.0. The molecule has 1 amide bonds. The first-order valence-corrected chi connectivity index (χ1v) is 12.3. The number of amides is 1. The van der Waals surface area contributed by atoms with Gasteiger partial charge in [0.2, 0.25) is 5.91 Å². The van der Waals surface area contributed by atoms with Crippen LogP contribution in [-0.4, -0.2) is 47.1 Å². The number of ether oxygens (including phenoxy) is 2. The number of hydroxylamine groups is 2. The summed E-state index contributed by atoms with van der Waals surface area (Å²) >= 11 is 0. The van der Waals surface area contributed by atoms with Gasteiger partial charge < -0.3 is 14.4 Å². The van der Waals surface area contributed by atoms with E-state index in [1.54, 1.807) is 16.9 Å². The lowest BCUT2D eigenvalue weighted by atomic mass is 9.97. The Labute approximate surface area is 211 Å². The summed E-state index contributed by atoms with van der Waals surface area (Å²) in [7, 11) is 0. The van der Waals surface area contributed by atoms with Gasteiger partial charge in [-0.3, -0.25) is 14.4 Å². The molecule has 3 aromatic carbocycles. The van der Waals surface area contributed by atoms with Crippen molar-refractivity contribution in [3.8, 4) is 0 Å². The van der Waals surface area contributed by atoms with Crippen LogP contribution in [0.4, 0.5) is 0 Å². The zero-order valence-electron chi connectivity index (χ0n) is 20.2. The minimum atomic E-state index is -1.01. The Morgan fingerprint density at radius 1 is 0.944 bits per heavy atom. The number of nitrogens with zero attached hydrogens (tertiary/aromatic N) is 2. The molecule has 2 unspecified atom stereocenters. The molecule has 186 valence electrons.